The fourth-order valence-corrected chi connectivity index (χ4v) is 4.81. The molecule has 0 radical (unpaired) electrons. The van der Waals surface area contributed by atoms with Gasteiger partial charge in [0.2, 0.25) is 0 Å². The van der Waals surface area contributed by atoms with Crippen molar-refractivity contribution in [3.05, 3.63) is 87.8 Å². The molecule has 30 heavy (non-hydrogen) atoms. The molecule has 1 nitrogen and oxygen atoms in total. The summed E-state index contributed by atoms with van der Waals surface area (Å²) in [5, 5.41) is 2.82. The Hall–Kier alpha value is -2.80. The molecule has 1 atom stereocenters. The molecular weight excluding hydrogens is 364 g/mol. The number of hydrogen-bond acceptors (Lipinski definition) is 1. The van der Waals surface area contributed by atoms with Crippen LogP contribution in [0.2, 0.25) is 0 Å². The van der Waals surface area contributed by atoms with Gasteiger partial charge in [0.25, 0.3) is 0 Å². The van der Waals surface area contributed by atoms with Crippen LogP contribution in [0, 0.1) is 5.92 Å². The average Bonchev–Trinajstić information content (AvgIpc) is 2.76. The van der Waals surface area contributed by atoms with Crippen molar-refractivity contribution < 1.29 is 4.74 Å². The zero-order valence-corrected chi connectivity index (χ0v) is 18.2. The van der Waals surface area contributed by atoms with Crippen LogP contribution in [-0.2, 0) is 18.3 Å². The minimum absolute atomic E-state index is 0.175. The molecule has 0 amide bonds. The summed E-state index contributed by atoms with van der Waals surface area (Å²) in [6.45, 7) is 7.45. The molecule has 0 aromatic heterocycles. The summed E-state index contributed by atoms with van der Waals surface area (Å²) in [6.07, 6.45) is 8.19. The second kappa shape index (κ2) is 7.47. The van der Waals surface area contributed by atoms with Crippen LogP contribution >= 0.6 is 0 Å². The van der Waals surface area contributed by atoms with E-state index in [2.05, 4.69) is 93.6 Å². The van der Waals surface area contributed by atoms with Crippen molar-refractivity contribution in [2.24, 2.45) is 5.92 Å². The molecular formula is C29H30O. The second-order valence-corrected chi connectivity index (χ2v) is 9.70. The molecule has 0 bridgehead atoms. The third kappa shape index (κ3) is 3.58. The van der Waals surface area contributed by atoms with Gasteiger partial charge in [0.05, 0.1) is 6.61 Å². The van der Waals surface area contributed by atoms with Gasteiger partial charge in [0.15, 0.2) is 0 Å². The Morgan fingerprint density at radius 2 is 1.67 bits per heavy atom. The highest BCUT2D eigenvalue weighted by Gasteiger charge is 2.19. The van der Waals surface area contributed by atoms with E-state index in [4.69, 9.17) is 4.74 Å². The summed E-state index contributed by atoms with van der Waals surface area (Å²) in [7, 11) is 0. The summed E-state index contributed by atoms with van der Waals surface area (Å²) in [4.78, 5) is 0. The minimum Gasteiger partial charge on any atom is -0.493 e. The number of benzene rings is 3. The maximum absolute atomic E-state index is 6.14. The summed E-state index contributed by atoms with van der Waals surface area (Å²) in [5.41, 5.74) is 7.36. The standard InChI is InChI=1S/C29H30O/c1-29(2,3)23-11-13-24(14-12-23)30-19-20-8-15-26-22(18-20)10-17-27-25-7-5-4-6-21(25)9-16-28(26)27/h4-7,10-15,17-18,20H,8-9,16,19H2,1-3H3. The van der Waals surface area contributed by atoms with Crippen molar-refractivity contribution in [3.63, 3.8) is 0 Å². The lowest BCUT2D eigenvalue weighted by molar-refractivity contribution is 0.284. The number of rotatable bonds is 3. The molecule has 3 aromatic carbocycles. The molecule has 0 heterocycles. The normalized spacial score (nSPS) is 17.1. The summed E-state index contributed by atoms with van der Waals surface area (Å²) >= 11 is 0. The van der Waals surface area contributed by atoms with Crippen LogP contribution in [0.4, 0.5) is 0 Å². The van der Waals surface area contributed by atoms with E-state index in [-0.39, 0.29) is 5.41 Å². The van der Waals surface area contributed by atoms with Crippen molar-refractivity contribution in [2.75, 3.05) is 6.61 Å². The van der Waals surface area contributed by atoms with Crippen LogP contribution in [0.15, 0.2) is 60.7 Å². The second-order valence-electron chi connectivity index (χ2n) is 9.70. The van der Waals surface area contributed by atoms with E-state index in [0.29, 0.717) is 5.92 Å². The fraction of sp³-hybridized carbons (Fsp3) is 0.310. The molecule has 0 saturated carbocycles. The van der Waals surface area contributed by atoms with E-state index in [1.807, 2.05) is 0 Å². The Kier molecular flexibility index (Phi) is 4.77. The topological polar surface area (TPSA) is 9.23 Å². The van der Waals surface area contributed by atoms with Gasteiger partial charge in [-0.1, -0.05) is 81.5 Å². The maximum atomic E-state index is 6.14. The average molecular weight is 395 g/mol. The van der Waals surface area contributed by atoms with E-state index >= 15 is 0 Å². The number of aryl methyl sites for hydroxylation is 1. The van der Waals surface area contributed by atoms with E-state index in [0.717, 1.165) is 31.6 Å². The molecule has 5 rings (SSSR count). The number of hydrogen-bond donors (Lipinski definition) is 0. The highest BCUT2D eigenvalue weighted by molar-refractivity contribution is 5.74. The number of ether oxygens (including phenoxy) is 1. The van der Waals surface area contributed by atoms with E-state index in [1.165, 1.54) is 38.3 Å². The van der Waals surface area contributed by atoms with Crippen molar-refractivity contribution >= 4 is 12.2 Å². The number of fused-ring (bicyclic) bond motifs is 5. The lowest BCUT2D eigenvalue weighted by atomic mass is 9.82. The Balaban J connectivity index is 1.36. The van der Waals surface area contributed by atoms with Crippen LogP contribution in [0.3, 0.4) is 0 Å². The molecule has 0 saturated heterocycles. The summed E-state index contributed by atoms with van der Waals surface area (Å²) in [5.74, 6) is 1.39. The molecule has 0 N–H and O–H groups in total. The van der Waals surface area contributed by atoms with Gasteiger partial charge in [-0.3, -0.25) is 0 Å². The fourth-order valence-electron chi connectivity index (χ4n) is 4.81. The van der Waals surface area contributed by atoms with Crippen LogP contribution in [-0.4, -0.2) is 6.61 Å². The first-order valence-corrected chi connectivity index (χ1v) is 11.1. The molecule has 0 aliphatic heterocycles. The van der Waals surface area contributed by atoms with Gasteiger partial charge < -0.3 is 4.74 Å². The lowest BCUT2D eigenvalue weighted by Crippen LogP contribution is -2.35. The highest BCUT2D eigenvalue weighted by Crippen LogP contribution is 2.31. The third-order valence-electron chi connectivity index (χ3n) is 6.57. The zero-order valence-electron chi connectivity index (χ0n) is 18.2. The largest absolute Gasteiger partial charge is 0.493 e. The third-order valence-corrected chi connectivity index (χ3v) is 6.57. The molecule has 0 spiro atoms. The van der Waals surface area contributed by atoms with Crippen molar-refractivity contribution in [1.82, 2.24) is 0 Å². The van der Waals surface area contributed by atoms with Gasteiger partial charge >= 0.3 is 0 Å². The van der Waals surface area contributed by atoms with Crippen LogP contribution < -0.4 is 15.2 Å². The van der Waals surface area contributed by atoms with Crippen molar-refractivity contribution in [2.45, 2.75) is 45.4 Å². The van der Waals surface area contributed by atoms with Gasteiger partial charge in [0.1, 0.15) is 5.75 Å². The quantitative estimate of drug-likeness (QED) is 0.577. The van der Waals surface area contributed by atoms with E-state index in [9.17, 15) is 0 Å². The molecule has 1 unspecified atom stereocenters. The Bertz CT molecular complexity index is 1190. The molecule has 2 aliphatic rings. The van der Waals surface area contributed by atoms with Gasteiger partial charge in [-0.15, -0.1) is 0 Å². The SMILES string of the molecule is CC(C)(C)c1ccc(OCC2C=c3ccc4c(c3=CC2)CCc2ccccc2-4)cc1. The van der Waals surface area contributed by atoms with Gasteiger partial charge in [0, 0.05) is 5.92 Å². The maximum Gasteiger partial charge on any atom is 0.119 e. The van der Waals surface area contributed by atoms with Crippen LogP contribution in [0.5, 0.6) is 5.75 Å². The lowest BCUT2D eigenvalue weighted by Gasteiger charge is -2.23. The Morgan fingerprint density at radius 3 is 2.47 bits per heavy atom. The first kappa shape index (κ1) is 19.2. The van der Waals surface area contributed by atoms with Crippen LogP contribution in [0.25, 0.3) is 23.3 Å². The van der Waals surface area contributed by atoms with E-state index < -0.39 is 0 Å². The molecule has 3 aromatic rings. The molecule has 0 fully saturated rings. The Labute approximate surface area is 179 Å². The predicted molar refractivity (Wildman–Crippen MR) is 126 cm³/mol. The van der Waals surface area contributed by atoms with Gasteiger partial charge in [-0.25, -0.2) is 0 Å². The summed E-state index contributed by atoms with van der Waals surface area (Å²) < 4.78 is 6.14. The zero-order chi connectivity index (χ0) is 20.7. The molecule has 1 heteroatoms. The minimum atomic E-state index is 0.175. The van der Waals surface area contributed by atoms with Crippen molar-refractivity contribution in [3.8, 4) is 16.9 Å². The smallest absolute Gasteiger partial charge is 0.119 e. The Morgan fingerprint density at radius 1 is 0.867 bits per heavy atom. The van der Waals surface area contributed by atoms with E-state index in [1.54, 1.807) is 0 Å². The first-order chi connectivity index (χ1) is 14.5. The predicted octanol–water partition coefficient (Wildman–Crippen LogP) is 5.41. The van der Waals surface area contributed by atoms with Gasteiger partial charge in [-0.05, 0) is 75.1 Å². The van der Waals surface area contributed by atoms with Gasteiger partial charge in [-0.2, -0.15) is 0 Å². The van der Waals surface area contributed by atoms with Crippen molar-refractivity contribution in [1.29, 1.82) is 0 Å². The molecule has 152 valence electrons. The summed E-state index contributed by atoms with van der Waals surface area (Å²) in [6, 6.07) is 22.1. The highest BCUT2D eigenvalue weighted by atomic mass is 16.5. The van der Waals surface area contributed by atoms with Crippen LogP contribution in [0.1, 0.15) is 43.9 Å². The molecule has 2 aliphatic carbocycles. The first-order valence-electron chi connectivity index (χ1n) is 11.1. The monoisotopic (exact) mass is 394 g/mol.